The van der Waals surface area contributed by atoms with Gasteiger partial charge < -0.3 is 15.0 Å². The Labute approximate surface area is 121 Å². The van der Waals surface area contributed by atoms with Gasteiger partial charge in [0.1, 0.15) is 5.75 Å². The average Bonchev–Trinajstić information content (AvgIpc) is 2.67. The van der Waals surface area contributed by atoms with Gasteiger partial charge in [0.05, 0.1) is 13.5 Å². The van der Waals surface area contributed by atoms with Crippen LogP contribution < -0.4 is 10.1 Å². The number of amides is 1. The van der Waals surface area contributed by atoms with Crippen LogP contribution in [0.3, 0.4) is 0 Å². The van der Waals surface area contributed by atoms with Gasteiger partial charge in [0.25, 0.3) is 0 Å². The molecule has 4 nitrogen and oxygen atoms in total. The van der Waals surface area contributed by atoms with Crippen molar-refractivity contribution in [2.75, 3.05) is 33.3 Å². The summed E-state index contributed by atoms with van der Waals surface area (Å²) in [5, 5.41) is 3.32. The van der Waals surface area contributed by atoms with Gasteiger partial charge in [-0.15, -0.1) is 0 Å². The number of carbonyl (C=O) groups excluding carboxylic acids is 1. The Morgan fingerprint density at radius 2 is 2.10 bits per heavy atom. The van der Waals surface area contributed by atoms with E-state index in [1.54, 1.807) is 7.11 Å². The fraction of sp³-hybridized carbons (Fsp3) is 0.562. The first-order valence-corrected chi connectivity index (χ1v) is 7.24. The molecule has 0 spiro atoms. The van der Waals surface area contributed by atoms with Crippen LogP contribution in [-0.2, 0) is 11.2 Å². The predicted octanol–water partition coefficient (Wildman–Crippen LogP) is 1.68. The van der Waals surface area contributed by atoms with Crippen molar-refractivity contribution in [1.29, 1.82) is 0 Å². The van der Waals surface area contributed by atoms with E-state index in [4.69, 9.17) is 4.74 Å². The molecule has 2 rings (SSSR count). The van der Waals surface area contributed by atoms with E-state index in [0.29, 0.717) is 6.42 Å². The van der Waals surface area contributed by atoms with Crippen LogP contribution >= 0.6 is 0 Å². The first kappa shape index (κ1) is 14.9. The molecule has 1 fully saturated rings. The van der Waals surface area contributed by atoms with Crippen LogP contribution in [0, 0.1) is 13.8 Å². The van der Waals surface area contributed by atoms with E-state index in [-0.39, 0.29) is 5.91 Å². The number of carbonyl (C=O) groups is 1. The Hall–Kier alpha value is -1.55. The molecule has 110 valence electrons. The first-order valence-electron chi connectivity index (χ1n) is 7.24. The molecule has 0 unspecified atom stereocenters. The highest BCUT2D eigenvalue weighted by atomic mass is 16.5. The molecular weight excluding hydrogens is 252 g/mol. The van der Waals surface area contributed by atoms with Gasteiger partial charge in [-0.1, -0.05) is 17.7 Å². The SMILES string of the molecule is COc1c(C)cc(C)cc1CC(=O)N1CCCNCC1. The third kappa shape index (κ3) is 3.51. The molecule has 1 aromatic carbocycles. The van der Waals surface area contributed by atoms with Crippen molar-refractivity contribution < 1.29 is 9.53 Å². The quantitative estimate of drug-likeness (QED) is 0.913. The number of nitrogens with zero attached hydrogens (tertiary/aromatic N) is 1. The van der Waals surface area contributed by atoms with Gasteiger partial charge in [-0.25, -0.2) is 0 Å². The normalized spacial score (nSPS) is 15.8. The van der Waals surface area contributed by atoms with Gasteiger partial charge in [-0.05, 0) is 32.4 Å². The van der Waals surface area contributed by atoms with Crippen molar-refractivity contribution in [3.63, 3.8) is 0 Å². The van der Waals surface area contributed by atoms with Crippen LogP contribution in [0.4, 0.5) is 0 Å². The Balaban J connectivity index is 2.14. The van der Waals surface area contributed by atoms with E-state index in [1.165, 1.54) is 5.56 Å². The Bertz CT molecular complexity index is 478. The van der Waals surface area contributed by atoms with Gasteiger partial charge >= 0.3 is 0 Å². The molecule has 1 amide bonds. The van der Waals surface area contributed by atoms with E-state index in [1.807, 2.05) is 11.8 Å². The number of rotatable bonds is 3. The van der Waals surface area contributed by atoms with Crippen LogP contribution in [0.2, 0.25) is 0 Å². The molecule has 0 aliphatic carbocycles. The summed E-state index contributed by atoms with van der Waals surface area (Å²) in [6.07, 6.45) is 1.45. The van der Waals surface area contributed by atoms with E-state index >= 15 is 0 Å². The zero-order valence-corrected chi connectivity index (χ0v) is 12.7. The molecule has 0 aromatic heterocycles. The highest BCUT2D eigenvalue weighted by molar-refractivity contribution is 5.80. The largest absolute Gasteiger partial charge is 0.496 e. The van der Waals surface area contributed by atoms with Crippen molar-refractivity contribution >= 4 is 5.91 Å². The minimum absolute atomic E-state index is 0.192. The summed E-state index contributed by atoms with van der Waals surface area (Å²) >= 11 is 0. The zero-order valence-electron chi connectivity index (χ0n) is 12.7. The van der Waals surface area contributed by atoms with E-state index in [9.17, 15) is 4.79 Å². The fourth-order valence-electron chi connectivity index (χ4n) is 2.84. The lowest BCUT2D eigenvalue weighted by Crippen LogP contribution is -2.35. The molecule has 1 aromatic rings. The standard InChI is InChI=1S/C16H24N2O2/c1-12-9-13(2)16(20-3)14(10-12)11-15(19)18-7-4-5-17-6-8-18/h9-10,17H,4-8,11H2,1-3H3. The smallest absolute Gasteiger partial charge is 0.227 e. The van der Waals surface area contributed by atoms with Crippen molar-refractivity contribution in [1.82, 2.24) is 10.2 Å². The summed E-state index contributed by atoms with van der Waals surface area (Å²) in [6, 6.07) is 4.14. The summed E-state index contributed by atoms with van der Waals surface area (Å²) in [4.78, 5) is 14.4. The minimum Gasteiger partial charge on any atom is -0.496 e. The minimum atomic E-state index is 0.192. The number of ether oxygens (including phenoxy) is 1. The molecule has 0 saturated carbocycles. The lowest BCUT2D eigenvalue weighted by molar-refractivity contribution is -0.130. The van der Waals surface area contributed by atoms with Gasteiger partial charge in [0, 0.05) is 25.2 Å². The van der Waals surface area contributed by atoms with Crippen LogP contribution in [0.5, 0.6) is 5.75 Å². The molecule has 0 radical (unpaired) electrons. The summed E-state index contributed by atoms with van der Waals surface area (Å²) < 4.78 is 5.46. The highest BCUT2D eigenvalue weighted by Crippen LogP contribution is 2.26. The van der Waals surface area contributed by atoms with Crippen LogP contribution in [-0.4, -0.2) is 44.1 Å². The Morgan fingerprint density at radius 1 is 1.30 bits per heavy atom. The molecule has 0 atom stereocenters. The van der Waals surface area contributed by atoms with Crippen molar-refractivity contribution in [2.24, 2.45) is 0 Å². The molecule has 1 aliphatic rings. The zero-order chi connectivity index (χ0) is 14.5. The maximum Gasteiger partial charge on any atom is 0.227 e. The molecule has 1 aliphatic heterocycles. The second-order valence-electron chi connectivity index (χ2n) is 5.44. The van der Waals surface area contributed by atoms with Gasteiger partial charge in [0.15, 0.2) is 0 Å². The molecule has 1 N–H and O–H groups in total. The van der Waals surface area contributed by atoms with Crippen molar-refractivity contribution in [2.45, 2.75) is 26.7 Å². The van der Waals surface area contributed by atoms with Gasteiger partial charge in [0.2, 0.25) is 5.91 Å². The van der Waals surface area contributed by atoms with Crippen molar-refractivity contribution in [3.05, 3.63) is 28.8 Å². The summed E-state index contributed by atoms with van der Waals surface area (Å²) in [6.45, 7) is 7.60. The Morgan fingerprint density at radius 3 is 2.85 bits per heavy atom. The average molecular weight is 276 g/mol. The lowest BCUT2D eigenvalue weighted by atomic mass is 10.0. The number of nitrogens with one attached hydrogen (secondary N) is 1. The second kappa shape index (κ2) is 6.75. The third-order valence-corrected chi connectivity index (χ3v) is 3.73. The Kier molecular flexibility index (Phi) is 5.01. The lowest BCUT2D eigenvalue weighted by Gasteiger charge is -2.21. The van der Waals surface area contributed by atoms with Crippen LogP contribution in [0.1, 0.15) is 23.1 Å². The third-order valence-electron chi connectivity index (χ3n) is 3.73. The summed E-state index contributed by atoms with van der Waals surface area (Å²) in [5.41, 5.74) is 3.25. The molecular formula is C16H24N2O2. The number of benzene rings is 1. The van der Waals surface area contributed by atoms with E-state index in [2.05, 4.69) is 24.4 Å². The number of aryl methyl sites for hydroxylation is 2. The number of methoxy groups -OCH3 is 1. The molecule has 1 heterocycles. The van der Waals surface area contributed by atoms with Crippen LogP contribution in [0.15, 0.2) is 12.1 Å². The predicted molar refractivity (Wildman–Crippen MR) is 80.2 cm³/mol. The fourth-order valence-corrected chi connectivity index (χ4v) is 2.84. The second-order valence-corrected chi connectivity index (χ2v) is 5.44. The number of hydrogen-bond donors (Lipinski definition) is 1. The van der Waals surface area contributed by atoms with E-state index < -0.39 is 0 Å². The highest BCUT2D eigenvalue weighted by Gasteiger charge is 2.18. The molecule has 4 heteroatoms. The van der Waals surface area contributed by atoms with Crippen molar-refractivity contribution in [3.8, 4) is 5.75 Å². The molecule has 0 bridgehead atoms. The van der Waals surface area contributed by atoms with Crippen LogP contribution in [0.25, 0.3) is 0 Å². The van der Waals surface area contributed by atoms with Gasteiger partial charge in [-0.2, -0.15) is 0 Å². The number of hydrogen-bond acceptors (Lipinski definition) is 3. The topological polar surface area (TPSA) is 41.6 Å². The maximum atomic E-state index is 12.5. The maximum absolute atomic E-state index is 12.5. The first-order chi connectivity index (χ1) is 9.61. The molecule has 20 heavy (non-hydrogen) atoms. The summed E-state index contributed by atoms with van der Waals surface area (Å²) in [5.74, 6) is 1.04. The monoisotopic (exact) mass is 276 g/mol. The van der Waals surface area contributed by atoms with Gasteiger partial charge in [-0.3, -0.25) is 4.79 Å². The summed E-state index contributed by atoms with van der Waals surface area (Å²) in [7, 11) is 1.67. The molecule has 1 saturated heterocycles. The van der Waals surface area contributed by atoms with E-state index in [0.717, 1.165) is 49.5 Å².